The summed E-state index contributed by atoms with van der Waals surface area (Å²) in [6.07, 6.45) is -0.963. The van der Waals surface area contributed by atoms with Gasteiger partial charge in [0.2, 0.25) is 11.8 Å². The minimum atomic E-state index is -2.89. The van der Waals surface area contributed by atoms with Gasteiger partial charge in [0.05, 0.1) is 6.54 Å². The maximum atomic E-state index is 15.0. The Kier molecular flexibility index (Phi) is 5.67. The fourth-order valence-electron chi connectivity index (χ4n) is 4.48. The molecule has 2 aliphatic rings. The summed E-state index contributed by atoms with van der Waals surface area (Å²) in [7, 11) is 0. The Labute approximate surface area is 187 Å². The molecule has 2 aromatic carbocycles. The summed E-state index contributed by atoms with van der Waals surface area (Å²) >= 11 is 1.93. The van der Waals surface area contributed by atoms with Gasteiger partial charge in [-0.25, -0.2) is 4.39 Å². The van der Waals surface area contributed by atoms with Crippen molar-refractivity contribution in [1.82, 2.24) is 10.2 Å². The van der Waals surface area contributed by atoms with Crippen molar-refractivity contribution < 1.29 is 22.4 Å². The van der Waals surface area contributed by atoms with Gasteiger partial charge in [0.1, 0.15) is 5.82 Å². The van der Waals surface area contributed by atoms with Crippen LogP contribution < -0.4 is 4.90 Å². The van der Waals surface area contributed by atoms with Gasteiger partial charge in [-0.2, -0.15) is 20.5 Å². The van der Waals surface area contributed by atoms with Crippen molar-refractivity contribution in [2.75, 3.05) is 10.7 Å². The second-order valence-corrected chi connectivity index (χ2v) is 9.44. The Morgan fingerprint density at radius 2 is 1.97 bits per heavy atom. The number of carbonyl (C=O) groups excluding carboxylic acids is 1. The number of aromatic nitrogens is 2. The lowest BCUT2D eigenvalue weighted by molar-refractivity contribution is -0.123. The molecule has 3 aromatic rings. The predicted octanol–water partition coefficient (Wildman–Crippen LogP) is 5.49. The molecule has 1 aliphatic carbocycles. The van der Waals surface area contributed by atoms with E-state index in [9.17, 15) is 18.0 Å². The van der Waals surface area contributed by atoms with Crippen LogP contribution in [0, 0.1) is 17.7 Å². The van der Waals surface area contributed by atoms with Crippen molar-refractivity contribution in [2.45, 2.75) is 31.1 Å². The van der Waals surface area contributed by atoms with Crippen LogP contribution in [0.5, 0.6) is 0 Å². The Hall–Kier alpha value is -2.81. The zero-order valence-corrected chi connectivity index (χ0v) is 17.8. The number of hydrogen-bond donors (Lipinski definition) is 0. The molecule has 2 fully saturated rings. The average molecular weight is 459 g/mol. The molecule has 1 saturated heterocycles. The molecule has 1 aliphatic heterocycles. The smallest absolute Gasteiger partial charge is 0.314 e. The highest BCUT2D eigenvalue weighted by molar-refractivity contribution is 8.00. The first-order valence-electron chi connectivity index (χ1n) is 10.4. The number of fused-ring (bicyclic) bond motifs is 2. The van der Waals surface area contributed by atoms with E-state index in [2.05, 4.69) is 10.2 Å². The summed E-state index contributed by atoms with van der Waals surface area (Å²) in [6, 6.07) is 13.5. The SMILES string of the molecule is O=C(C1C[C@H]2C[C@@H]1CS2)N(Cc1ccc(-c2nnc(C(F)F)o2)cc1F)c1ccccc1. The van der Waals surface area contributed by atoms with Crippen LogP contribution in [-0.4, -0.2) is 27.1 Å². The summed E-state index contributed by atoms with van der Waals surface area (Å²) < 4.78 is 45.3. The molecule has 0 N–H and O–H groups in total. The fraction of sp³-hybridized carbons (Fsp3) is 0.348. The highest BCUT2D eigenvalue weighted by Gasteiger charge is 2.45. The number of rotatable bonds is 6. The van der Waals surface area contributed by atoms with E-state index in [1.54, 1.807) is 4.90 Å². The van der Waals surface area contributed by atoms with Gasteiger partial charge >= 0.3 is 6.43 Å². The van der Waals surface area contributed by atoms with E-state index in [1.165, 1.54) is 18.2 Å². The maximum absolute atomic E-state index is 15.0. The van der Waals surface area contributed by atoms with Gasteiger partial charge in [0, 0.05) is 28.0 Å². The number of benzene rings is 2. The summed E-state index contributed by atoms with van der Waals surface area (Å²) in [4.78, 5) is 15.1. The number of para-hydroxylation sites is 1. The van der Waals surface area contributed by atoms with Crippen LogP contribution in [0.25, 0.3) is 11.5 Å². The zero-order valence-electron chi connectivity index (χ0n) is 17.0. The molecule has 1 saturated carbocycles. The molecule has 2 bridgehead atoms. The standard InChI is InChI=1S/C23H20F3N3O2S/c24-19-9-13(21-27-28-22(31-21)20(25)26)6-7-14(19)11-29(16-4-2-1-3-5-16)23(30)18-10-17-8-15(18)12-32-17/h1-7,9,15,17-18,20H,8,10-12H2/t15-,17-,18?/m1/s1. The van der Waals surface area contributed by atoms with E-state index < -0.39 is 18.1 Å². The summed E-state index contributed by atoms with van der Waals surface area (Å²) in [5, 5.41) is 7.37. The normalized spacial score (nSPS) is 21.9. The Bertz CT molecular complexity index is 1120. The highest BCUT2D eigenvalue weighted by atomic mass is 32.2. The number of anilines is 1. The first-order valence-corrected chi connectivity index (χ1v) is 11.4. The molecule has 166 valence electrons. The third-order valence-corrected chi connectivity index (χ3v) is 7.58. The van der Waals surface area contributed by atoms with Gasteiger partial charge in [0.15, 0.2) is 0 Å². The summed E-state index contributed by atoms with van der Waals surface area (Å²) in [5.41, 5.74) is 1.24. The second-order valence-electron chi connectivity index (χ2n) is 8.11. The van der Waals surface area contributed by atoms with E-state index in [0.717, 1.165) is 24.3 Å². The summed E-state index contributed by atoms with van der Waals surface area (Å²) in [6.45, 7) is 0.0715. The molecule has 0 radical (unpaired) electrons. The minimum Gasteiger partial charge on any atom is -0.415 e. The quantitative estimate of drug-likeness (QED) is 0.488. The van der Waals surface area contributed by atoms with Crippen LogP contribution in [0.4, 0.5) is 18.9 Å². The van der Waals surface area contributed by atoms with Crippen LogP contribution in [0.15, 0.2) is 52.9 Å². The molecule has 1 unspecified atom stereocenters. The first-order chi connectivity index (χ1) is 15.5. The lowest BCUT2D eigenvalue weighted by atomic mass is 9.95. The lowest BCUT2D eigenvalue weighted by Gasteiger charge is -2.29. The monoisotopic (exact) mass is 459 g/mol. The maximum Gasteiger partial charge on any atom is 0.314 e. The molecule has 9 heteroatoms. The number of alkyl halides is 2. The molecule has 1 amide bonds. The van der Waals surface area contributed by atoms with Crippen molar-refractivity contribution in [3.63, 3.8) is 0 Å². The number of halogens is 3. The molecular formula is C23H20F3N3O2S. The molecule has 3 atom stereocenters. The van der Waals surface area contributed by atoms with E-state index in [0.29, 0.717) is 16.7 Å². The van der Waals surface area contributed by atoms with E-state index >= 15 is 0 Å². The molecule has 5 nitrogen and oxygen atoms in total. The number of thioether (sulfide) groups is 1. The third kappa shape index (κ3) is 4.01. The molecule has 2 heterocycles. The van der Waals surface area contributed by atoms with Crippen molar-refractivity contribution in [1.29, 1.82) is 0 Å². The van der Waals surface area contributed by atoms with Crippen molar-refractivity contribution >= 4 is 23.4 Å². The van der Waals surface area contributed by atoms with E-state index in [-0.39, 0.29) is 29.8 Å². The van der Waals surface area contributed by atoms with Gasteiger partial charge in [-0.3, -0.25) is 4.79 Å². The number of amides is 1. The Morgan fingerprint density at radius 3 is 2.59 bits per heavy atom. The van der Waals surface area contributed by atoms with Gasteiger partial charge in [-0.1, -0.05) is 24.3 Å². The molecule has 0 spiro atoms. The van der Waals surface area contributed by atoms with Crippen LogP contribution in [0.2, 0.25) is 0 Å². The molecule has 5 rings (SSSR count). The van der Waals surface area contributed by atoms with Crippen molar-refractivity contribution in [2.24, 2.45) is 11.8 Å². The van der Waals surface area contributed by atoms with Gasteiger partial charge in [-0.05, 0) is 48.8 Å². The summed E-state index contributed by atoms with van der Waals surface area (Å²) in [5.74, 6) is -0.220. The molecule has 32 heavy (non-hydrogen) atoms. The third-order valence-electron chi connectivity index (χ3n) is 6.10. The first kappa shape index (κ1) is 21.1. The van der Waals surface area contributed by atoms with Crippen LogP contribution in [-0.2, 0) is 11.3 Å². The topological polar surface area (TPSA) is 59.2 Å². The number of nitrogens with zero attached hydrogens (tertiary/aromatic N) is 3. The van der Waals surface area contributed by atoms with Crippen LogP contribution in [0.1, 0.15) is 30.7 Å². The Morgan fingerprint density at radius 1 is 1.16 bits per heavy atom. The fourth-order valence-corrected chi connectivity index (χ4v) is 6.09. The lowest BCUT2D eigenvalue weighted by Crippen LogP contribution is -2.38. The van der Waals surface area contributed by atoms with Crippen LogP contribution in [0.3, 0.4) is 0 Å². The van der Waals surface area contributed by atoms with E-state index in [4.69, 9.17) is 4.42 Å². The predicted molar refractivity (Wildman–Crippen MR) is 115 cm³/mol. The number of carbonyl (C=O) groups is 1. The van der Waals surface area contributed by atoms with Gasteiger partial charge < -0.3 is 9.32 Å². The molecular weight excluding hydrogens is 439 g/mol. The molecule has 1 aromatic heterocycles. The zero-order chi connectivity index (χ0) is 22.2. The van der Waals surface area contributed by atoms with E-state index in [1.807, 2.05) is 42.1 Å². The Balaban J connectivity index is 1.41. The van der Waals surface area contributed by atoms with Gasteiger partial charge in [0.25, 0.3) is 5.89 Å². The second kappa shape index (κ2) is 8.61. The largest absolute Gasteiger partial charge is 0.415 e. The average Bonchev–Trinajstić information content (AvgIpc) is 3.55. The van der Waals surface area contributed by atoms with Crippen molar-refractivity contribution in [3.8, 4) is 11.5 Å². The number of hydrogen-bond acceptors (Lipinski definition) is 5. The van der Waals surface area contributed by atoms with Crippen molar-refractivity contribution in [3.05, 3.63) is 65.8 Å². The van der Waals surface area contributed by atoms with Gasteiger partial charge in [-0.15, -0.1) is 10.2 Å². The minimum absolute atomic E-state index is 0.0194. The highest BCUT2D eigenvalue weighted by Crippen LogP contribution is 2.48. The van der Waals surface area contributed by atoms with Crippen LogP contribution >= 0.6 is 11.8 Å².